The summed E-state index contributed by atoms with van der Waals surface area (Å²) in [6, 6.07) is 9.98. The third kappa shape index (κ3) is 3.51. The highest BCUT2D eigenvalue weighted by Gasteiger charge is 2.07. The van der Waals surface area contributed by atoms with Crippen molar-refractivity contribution in [3.63, 3.8) is 0 Å². The van der Waals surface area contributed by atoms with Crippen LogP contribution in [-0.4, -0.2) is 10.9 Å². The number of hydrogen-bond donors (Lipinski definition) is 2. The molecule has 2 aromatic rings. The van der Waals surface area contributed by atoms with Gasteiger partial charge >= 0.3 is 0 Å². The Hall–Kier alpha value is -2.81. The number of rotatable bonds is 3. The van der Waals surface area contributed by atoms with E-state index in [9.17, 15) is 4.79 Å². The lowest BCUT2D eigenvalue weighted by molar-refractivity contribution is -0.111. The predicted octanol–water partition coefficient (Wildman–Crippen LogP) is 2.82. The van der Waals surface area contributed by atoms with Crippen molar-refractivity contribution in [3.8, 4) is 0 Å². The minimum atomic E-state index is -0.200. The number of allylic oxidation sites excluding steroid dienone is 2. The van der Waals surface area contributed by atoms with Crippen LogP contribution in [0.15, 0.2) is 55.3 Å². The second kappa shape index (κ2) is 6.53. The lowest BCUT2D eigenvalue weighted by atomic mass is 9.96. The molecule has 1 aliphatic carbocycles. The molecular formula is C20H20N2O. The molecular weight excluding hydrogens is 284 g/mol. The van der Waals surface area contributed by atoms with Gasteiger partial charge in [-0.05, 0) is 59.0 Å². The number of amides is 1. The van der Waals surface area contributed by atoms with Gasteiger partial charge in [0.1, 0.15) is 0 Å². The Kier molecular flexibility index (Phi) is 4.29. The van der Waals surface area contributed by atoms with Crippen LogP contribution in [0.4, 0.5) is 5.69 Å². The van der Waals surface area contributed by atoms with Crippen LogP contribution in [0.1, 0.15) is 18.9 Å². The van der Waals surface area contributed by atoms with Crippen molar-refractivity contribution in [2.45, 2.75) is 13.3 Å². The van der Waals surface area contributed by atoms with Gasteiger partial charge < -0.3 is 10.3 Å². The minimum absolute atomic E-state index is 0.200. The van der Waals surface area contributed by atoms with E-state index in [1.54, 1.807) is 0 Å². The van der Waals surface area contributed by atoms with E-state index >= 15 is 0 Å². The second-order valence-corrected chi connectivity index (χ2v) is 5.80. The molecule has 0 saturated heterocycles. The molecule has 116 valence electrons. The Balaban J connectivity index is 2.05. The molecule has 23 heavy (non-hydrogen) atoms. The zero-order valence-electron chi connectivity index (χ0n) is 13.2. The van der Waals surface area contributed by atoms with E-state index in [1.807, 2.05) is 24.4 Å². The molecule has 1 aromatic heterocycles. The van der Waals surface area contributed by atoms with Crippen molar-refractivity contribution in [1.29, 1.82) is 0 Å². The van der Waals surface area contributed by atoms with Gasteiger partial charge in [-0.25, -0.2) is 0 Å². The Bertz CT molecular complexity index is 886. The maximum absolute atomic E-state index is 11.5. The van der Waals surface area contributed by atoms with Crippen LogP contribution < -0.4 is 15.9 Å². The summed E-state index contributed by atoms with van der Waals surface area (Å²) >= 11 is 0. The predicted molar refractivity (Wildman–Crippen MR) is 96.0 cm³/mol. The lowest BCUT2D eigenvalue weighted by Gasteiger charge is -2.11. The molecule has 1 unspecified atom stereocenters. The fourth-order valence-electron chi connectivity index (χ4n) is 2.74. The van der Waals surface area contributed by atoms with E-state index in [2.05, 4.69) is 54.2 Å². The first-order valence-electron chi connectivity index (χ1n) is 7.76. The van der Waals surface area contributed by atoms with E-state index in [0.29, 0.717) is 5.92 Å². The third-order valence-corrected chi connectivity index (χ3v) is 3.93. The van der Waals surface area contributed by atoms with Crippen molar-refractivity contribution in [2.75, 3.05) is 5.32 Å². The van der Waals surface area contributed by atoms with E-state index in [0.717, 1.165) is 17.7 Å². The number of carbonyl (C=O) groups excluding carboxylic acids is 1. The van der Waals surface area contributed by atoms with Crippen molar-refractivity contribution in [2.24, 2.45) is 5.92 Å². The highest BCUT2D eigenvalue weighted by atomic mass is 16.1. The molecule has 1 aliphatic rings. The Morgan fingerprint density at radius 1 is 1.39 bits per heavy atom. The maximum atomic E-state index is 11.5. The van der Waals surface area contributed by atoms with Crippen LogP contribution in [0, 0.1) is 5.92 Å². The molecule has 0 fully saturated rings. The summed E-state index contributed by atoms with van der Waals surface area (Å²) in [6.45, 7) is 5.69. The van der Waals surface area contributed by atoms with Gasteiger partial charge in [-0.1, -0.05) is 37.8 Å². The first kappa shape index (κ1) is 15.1. The van der Waals surface area contributed by atoms with E-state index in [-0.39, 0.29) is 5.91 Å². The number of aromatic amines is 1. The SMILES string of the molecule is C=CC(=O)Nc1cccc(C2=CC(C)CC=c3[nH]ccc3=C2)c1. The summed E-state index contributed by atoms with van der Waals surface area (Å²) < 4.78 is 0. The monoisotopic (exact) mass is 304 g/mol. The van der Waals surface area contributed by atoms with E-state index < -0.39 is 0 Å². The van der Waals surface area contributed by atoms with Gasteiger partial charge in [0, 0.05) is 17.2 Å². The number of carbonyl (C=O) groups is 1. The maximum Gasteiger partial charge on any atom is 0.247 e. The van der Waals surface area contributed by atoms with Gasteiger partial charge in [0.05, 0.1) is 0 Å². The van der Waals surface area contributed by atoms with E-state index in [4.69, 9.17) is 0 Å². The van der Waals surface area contributed by atoms with E-state index in [1.165, 1.54) is 22.2 Å². The first-order chi connectivity index (χ1) is 11.2. The van der Waals surface area contributed by atoms with Crippen LogP contribution in [0.25, 0.3) is 17.7 Å². The van der Waals surface area contributed by atoms with Crippen LogP contribution >= 0.6 is 0 Å². The van der Waals surface area contributed by atoms with Gasteiger partial charge in [0.15, 0.2) is 0 Å². The topological polar surface area (TPSA) is 44.9 Å². The molecule has 1 heterocycles. The van der Waals surface area contributed by atoms with Crippen molar-refractivity contribution < 1.29 is 4.79 Å². The normalized spacial score (nSPS) is 16.7. The molecule has 3 nitrogen and oxygen atoms in total. The molecule has 0 aliphatic heterocycles. The van der Waals surface area contributed by atoms with Gasteiger partial charge in [-0.3, -0.25) is 4.79 Å². The third-order valence-electron chi connectivity index (χ3n) is 3.93. The molecule has 1 atom stereocenters. The standard InChI is InChI=1S/C20H20N2O/c1-3-20(23)22-18-6-4-5-15(13-18)17-11-14(2)7-8-19-16(12-17)9-10-21-19/h3-6,8-14,21H,1,7H2,2H3,(H,22,23). The Morgan fingerprint density at radius 3 is 3.09 bits per heavy atom. The zero-order valence-corrected chi connectivity index (χ0v) is 13.2. The second-order valence-electron chi connectivity index (χ2n) is 5.80. The molecule has 0 radical (unpaired) electrons. The molecule has 3 rings (SSSR count). The molecule has 3 heteroatoms. The number of aromatic nitrogens is 1. The van der Waals surface area contributed by atoms with Gasteiger partial charge in [0.25, 0.3) is 0 Å². The van der Waals surface area contributed by atoms with Crippen LogP contribution in [0.3, 0.4) is 0 Å². The summed E-state index contributed by atoms with van der Waals surface area (Å²) in [6.07, 6.45) is 10.9. The fourth-order valence-corrected chi connectivity index (χ4v) is 2.74. The number of hydrogen-bond acceptors (Lipinski definition) is 1. The lowest BCUT2D eigenvalue weighted by Crippen LogP contribution is -2.23. The smallest absolute Gasteiger partial charge is 0.247 e. The molecule has 0 spiro atoms. The first-order valence-corrected chi connectivity index (χ1v) is 7.76. The van der Waals surface area contributed by atoms with Crippen molar-refractivity contribution in [3.05, 3.63) is 71.4 Å². The molecule has 0 bridgehead atoms. The average Bonchev–Trinajstić information content (AvgIpc) is 2.97. The molecule has 1 amide bonds. The molecule has 1 aromatic carbocycles. The Labute approximate surface area is 135 Å². The molecule has 2 N–H and O–H groups in total. The zero-order chi connectivity index (χ0) is 16.2. The highest BCUT2D eigenvalue weighted by Crippen LogP contribution is 2.23. The average molecular weight is 304 g/mol. The van der Waals surface area contributed by atoms with Crippen molar-refractivity contribution in [1.82, 2.24) is 4.98 Å². The van der Waals surface area contributed by atoms with Gasteiger partial charge in [-0.2, -0.15) is 0 Å². The van der Waals surface area contributed by atoms with Crippen molar-refractivity contribution >= 4 is 29.3 Å². The number of benzene rings is 1. The fraction of sp³-hybridized carbons (Fsp3) is 0.150. The van der Waals surface area contributed by atoms with Crippen LogP contribution in [0.2, 0.25) is 0 Å². The van der Waals surface area contributed by atoms with Gasteiger partial charge in [-0.15, -0.1) is 0 Å². The highest BCUT2D eigenvalue weighted by molar-refractivity contribution is 5.99. The number of H-pyrrole nitrogens is 1. The summed E-state index contributed by atoms with van der Waals surface area (Å²) in [5.41, 5.74) is 3.03. The molecule has 0 saturated carbocycles. The Morgan fingerprint density at radius 2 is 2.26 bits per heavy atom. The summed E-state index contributed by atoms with van der Waals surface area (Å²) in [4.78, 5) is 14.8. The summed E-state index contributed by atoms with van der Waals surface area (Å²) in [5, 5.41) is 5.16. The number of anilines is 1. The van der Waals surface area contributed by atoms with Crippen LogP contribution in [0.5, 0.6) is 0 Å². The quantitative estimate of drug-likeness (QED) is 0.842. The summed E-state index contributed by atoms with van der Waals surface area (Å²) in [7, 11) is 0. The minimum Gasteiger partial charge on any atom is -0.361 e. The van der Waals surface area contributed by atoms with Gasteiger partial charge in [0.2, 0.25) is 5.91 Å². The van der Waals surface area contributed by atoms with Crippen LogP contribution in [-0.2, 0) is 4.79 Å². The number of fused-ring (bicyclic) bond motifs is 1. The largest absolute Gasteiger partial charge is 0.361 e. The number of nitrogens with one attached hydrogen (secondary N) is 2. The summed E-state index contributed by atoms with van der Waals surface area (Å²) in [5.74, 6) is 0.248.